The van der Waals surface area contributed by atoms with E-state index in [1.54, 1.807) is 0 Å². The molecule has 0 bridgehead atoms. The summed E-state index contributed by atoms with van der Waals surface area (Å²) < 4.78 is 0. The van der Waals surface area contributed by atoms with Crippen molar-refractivity contribution in [3.63, 3.8) is 0 Å². The average Bonchev–Trinajstić information content (AvgIpc) is 2.80. The number of hydrogen-bond donors (Lipinski definition) is 0. The molecule has 0 atom stereocenters. The van der Waals surface area contributed by atoms with Crippen LogP contribution in [0.1, 0.15) is 18.1 Å². The highest BCUT2D eigenvalue weighted by Gasteiger charge is 2.30. The fourth-order valence-corrected chi connectivity index (χ4v) is 2.80. The molecule has 3 rings (SSSR count). The Labute approximate surface area is 131 Å². The van der Waals surface area contributed by atoms with Crippen LogP contribution in [0.4, 0.5) is 11.4 Å². The molecule has 0 spiro atoms. The van der Waals surface area contributed by atoms with E-state index in [0.29, 0.717) is 6.54 Å². The van der Waals surface area contributed by atoms with E-state index in [-0.39, 0.29) is 5.91 Å². The van der Waals surface area contributed by atoms with E-state index in [9.17, 15) is 4.79 Å². The van der Waals surface area contributed by atoms with Crippen molar-refractivity contribution in [2.75, 3.05) is 30.4 Å². The zero-order chi connectivity index (χ0) is 15.7. The molecule has 0 unspecified atom stereocenters. The molecule has 1 aliphatic heterocycles. The SMILES string of the molecule is CCN1C(=O)C(=Cc2ccc(N(C)C)cc2)c2ccccc21. The number of anilines is 2. The summed E-state index contributed by atoms with van der Waals surface area (Å²) in [5.74, 6) is 0.0837. The molecule has 1 heterocycles. The first-order valence-corrected chi connectivity index (χ1v) is 7.52. The van der Waals surface area contributed by atoms with Gasteiger partial charge in [0.05, 0.1) is 5.69 Å². The maximum atomic E-state index is 12.6. The maximum absolute atomic E-state index is 12.6. The van der Waals surface area contributed by atoms with Gasteiger partial charge < -0.3 is 9.80 Å². The molecule has 3 nitrogen and oxygen atoms in total. The molecule has 0 aromatic heterocycles. The third-order valence-electron chi connectivity index (χ3n) is 4.00. The number of amides is 1. The minimum absolute atomic E-state index is 0.0837. The van der Waals surface area contributed by atoms with E-state index >= 15 is 0 Å². The van der Waals surface area contributed by atoms with Crippen LogP contribution >= 0.6 is 0 Å². The largest absolute Gasteiger partial charge is 0.378 e. The lowest BCUT2D eigenvalue weighted by Crippen LogP contribution is -2.25. The van der Waals surface area contributed by atoms with Gasteiger partial charge in [0, 0.05) is 37.5 Å². The van der Waals surface area contributed by atoms with Crippen molar-refractivity contribution in [2.24, 2.45) is 0 Å². The molecule has 112 valence electrons. The Morgan fingerprint density at radius 1 is 1.05 bits per heavy atom. The lowest BCUT2D eigenvalue weighted by atomic mass is 10.0. The number of fused-ring (bicyclic) bond motifs is 1. The van der Waals surface area contributed by atoms with Crippen molar-refractivity contribution in [2.45, 2.75) is 6.92 Å². The van der Waals surface area contributed by atoms with Crippen LogP contribution in [-0.2, 0) is 4.79 Å². The molecule has 0 fully saturated rings. The molecule has 0 saturated carbocycles. The molecular weight excluding hydrogens is 272 g/mol. The number of benzene rings is 2. The Morgan fingerprint density at radius 3 is 2.36 bits per heavy atom. The van der Waals surface area contributed by atoms with E-state index in [4.69, 9.17) is 0 Å². The molecule has 22 heavy (non-hydrogen) atoms. The summed E-state index contributed by atoms with van der Waals surface area (Å²) in [6, 6.07) is 16.2. The lowest BCUT2D eigenvalue weighted by Gasteiger charge is -2.13. The minimum atomic E-state index is 0.0837. The quantitative estimate of drug-likeness (QED) is 0.806. The van der Waals surface area contributed by atoms with Crippen molar-refractivity contribution in [1.82, 2.24) is 0 Å². The summed E-state index contributed by atoms with van der Waals surface area (Å²) >= 11 is 0. The predicted molar refractivity (Wildman–Crippen MR) is 93.1 cm³/mol. The smallest absolute Gasteiger partial charge is 0.258 e. The number of carbonyl (C=O) groups is 1. The van der Waals surface area contributed by atoms with Gasteiger partial charge in [-0.15, -0.1) is 0 Å². The number of nitrogens with zero attached hydrogens (tertiary/aromatic N) is 2. The minimum Gasteiger partial charge on any atom is -0.378 e. The van der Waals surface area contributed by atoms with Gasteiger partial charge in [0.15, 0.2) is 0 Å². The Bertz CT molecular complexity index is 729. The highest BCUT2D eigenvalue weighted by Crippen LogP contribution is 2.37. The maximum Gasteiger partial charge on any atom is 0.258 e. The molecule has 0 aliphatic carbocycles. The second-order valence-electron chi connectivity index (χ2n) is 5.61. The van der Waals surface area contributed by atoms with Gasteiger partial charge >= 0.3 is 0 Å². The number of rotatable bonds is 3. The zero-order valence-electron chi connectivity index (χ0n) is 13.2. The van der Waals surface area contributed by atoms with Gasteiger partial charge in [0.2, 0.25) is 0 Å². The third kappa shape index (κ3) is 2.39. The van der Waals surface area contributed by atoms with Crippen LogP contribution in [0.25, 0.3) is 11.6 Å². The van der Waals surface area contributed by atoms with Crippen LogP contribution in [0.2, 0.25) is 0 Å². The van der Waals surface area contributed by atoms with Crippen molar-refractivity contribution < 1.29 is 4.79 Å². The highest BCUT2D eigenvalue weighted by atomic mass is 16.2. The molecule has 2 aromatic carbocycles. The molecular formula is C19H20N2O. The first-order valence-electron chi connectivity index (χ1n) is 7.52. The van der Waals surface area contributed by atoms with Crippen LogP contribution < -0.4 is 9.80 Å². The molecule has 2 aromatic rings. The first kappa shape index (κ1) is 14.4. The Hall–Kier alpha value is -2.55. The van der Waals surface area contributed by atoms with Gasteiger partial charge in [-0.2, -0.15) is 0 Å². The predicted octanol–water partition coefficient (Wildman–Crippen LogP) is 3.66. The highest BCUT2D eigenvalue weighted by molar-refractivity contribution is 6.35. The van der Waals surface area contributed by atoms with Crippen LogP contribution in [0.15, 0.2) is 48.5 Å². The second kappa shape index (κ2) is 5.68. The number of para-hydroxylation sites is 1. The van der Waals surface area contributed by atoms with Crippen molar-refractivity contribution in [1.29, 1.82) is 0 Å². The zero-order valence-corrected chi connectivity index (χ0v) is 13.2. The van der Waals surface area contributed by atoms with E-state index in [0.717, 1.165) is 28.1 Å². The van der Waals surface area contributed by atoms with Gasteiger partial charge in [0.1, 0.15) is 0 Å². The standard InChI is InChI=1S/C19H20N2O/c1-4-21-18-8-6-5-7-16(18)17(19(21)22)13-14-9-11-15(12-10-14)20(2)3/h5-13H,4H2,1-3H3. The summed E-state index contributed by atoms with van der Waals surface area (Å²) in [5.41, 5.74) is 4.99. The van der Waals surface area contributed by atoms with Gasteiger partial charge in [-0.1, -0.05) is 30.3 Å². The first-order chi connectivity index (χ1) is 10.6. The summed E-state index contributed by atoms with van der Waals surface area (Å²) in [6.07, 6.45) is 1.98. The normalized spacial score (nSPS) is 15.3. The summed E-state index contributed by atoms with van der Waals surface area (Å²) in [4.78, 5) is 16.5. The van der Waals surface area contributed by atoms with Gasteiger partial charge in [-0.05, 0) is 36.8 Å². The number of carbonyl (C=O) groups excluding carboxylic acids is 1. The Balaban J connectivity index is 2.02. The van der Waals surface area contributed by atoms with Gasteiger partial charge in [0.25, 0.3) is 5.91 Å². The second-order valence-corrected chi connectivity index (χ2v) is 5.61. The lowest BCUT2D eigenvalue weighted by molar-refractivity contribution is -0.112. The van der Waals surface area contributed by atoms with Crippen molar-refractivity contribution >= 4 is 28.9 Å². The van der Waals surface area contributed by atoms with E-state index in [1.807, 2.05) is 68.4 Å². The van der Waals surface area contributed by atoms with Crippen molar-refractivity contribution in [3.05, 3.63) is 59.7 Å². The van der Waals surface area contributed by atoms with Crippen LogP contribution in [-0.4, -0.2) is 26.5 Å². The Morgan fingerprint density at radius 2 is 1.73 bits per heavy atom. The molecule has 3 heteroatoms. The summed E-state index contributed by atoms with van der Waals surface area (Å²) in [6.45, 7) is 2.69. The number of likely N-dealkylation sites (N-methyl/N-ethyl adjacent to an activating group) is 1. The third-order valence-corrected chi connectivity index (χ3v) is 4.00. The molecule has 0 radical (unpaired) electrons. The van der Waals surface area contributed by atoms with Gasteiger partial charge in [-0.3, -0.25) is 4.79 Å². The Kier molecular flexibility index (Phi) is 3.72. The topological polar surface area (TPSA) is 23.6 Å². The van der Waals surface area contributed by atoms with Gasteiger partial charge in [-0.25, -0.2) is 0 Å². The molecule has 1 amide bonds. The fraction of sp³-hybridized carbons (Fsp3) is 0.211. The fourth-order valence-electron chi connectivity index (χ4n) is 2.80. The van der Waals surface area contributed by atoms with E-state index in [2.05, 4.69) is 17.0 Å². The molecule has 1 aliphatic rings. The molecule has 0 saturated heterocycles. The van der Waals surface area contributed by atoms with E-state index in [1.165, 1.54) is 0 Å². The number of hydrogen-bond acceptors (Lipinski definition) is 2. The summed E-state index contributed by atoms with van der Waals surface area (Å²) in [7, 11) is 4.03. The molecule has 0 N–H and O–H groups in total. The van der Waals surface area contributed by atoms with Crippen LogP contribution in [0, 0.1) is 0 Å². The monoisotopic (exact) mass is 292 g/mol. The van der Waals surface area contributed by atoms with Crippen LogP contribution in [0.3, 0.4) is 0 Å². The van der Waals surface area contributed by atoms with Crippen LogP contribution in [0.5, 0.6) is 0 Å². The average molecular weight is 292 g/mol. The van der Waals surface area contributed by atoms with E-state index < -0.39 is 0 Å². The summed E-state index contributed by atoms with van der Waals surface area (Å²) in [5, 5.41) is 0. The van der Waals surface area contributed by atoms with Crippen molar-refractivity contribution in [3.8, 4) is 0 Å².